The summed E-state index contributed by atoms with van der Waals surface area (Å²) in [5.74, 6) is 0.177. The molecule has 19 heavy (non-hydrogen) atoms. The van der Waals surface area contributed by atoms with Gasteiger partial charge in [-0.15, -0.1) is 0 Å². The summed E-state index contributed by atoms with van der Waals surface area (Å²) in [5, 5.41) is 18.6. The van der Waals surface area contributed by atoms with E-state index in [1.165, 1.54) is 17.2 Å². The fourth-order valence-electron chi connectivity index (χ4n) is 2.13. The number of nitrogen functional groups attached to an aromatic ring is 1. The third kappa shape index (κ3) is 1.74. The van der Waals surface area contributed by atoms with Gasteiger partial charge in [0.05, 0.1) is 12.9 Å². The molecule has 1 aliphatic rings. The molecule has 3 heterocycles. The van der Waals surface area contributed by atoms with Gasteiger partial charge < -0.3 is 20.7 Å². The molecule has 2 aromatic rings. The normalized spacial score (nSPS) is 31.1. The number of alkyl halides is 1. The first kappa shape index (κ1) is 12.2. The fourth-order valence-corrected chi connectivity index (χ4v) is 2.13. The highest BCUT2D eigenvalue weighted by molar-refractivity contribution is 5.81. The zero-order chi connectivity index (χ0) is 13.6. The lowest BCUT2D eigenvalue weighted by Crippen LogP contribution is -2.30. The van der Waals surface area contributed by atoms with E-state index in [0.717, 1.165) is 0 Å². The summed E-state index contributed by atoms with van der Waals surface area (Å²) in [7, 11) is 0. The Balaban J connectivity index is 2.04. The van der Waals surface area contributed by atoms with Crippen LogP contribution >= 0.6 is 0 Å². The van der Waals surface area contributed by atoms with Crippen LogP contribution in [0.4, 0.5) is 10.2 Å². The third-order valence-electron chi connectivity index (χ3n) is 3.13. The molecule has 1 aliphatic heterocycles. The largest absolute Gasteiger partial charge is 0.394 e. The first-order valence-electron chi connectivity index (χ1n) is 5.65. The van der Waals surface area contributed by atoms with Gasteiger partial charge in [0.25, 0.3) is 0 Å². The molecular weight excluding hydrogens is 257 g/mol. The zero-order valence-electron chi connectivity index (χ0n) is 9.72. The van der Waals surface area contributed by atoms with Gasteiger partial charge in [-0.05, 0) is 0 Å². The van der Waals surface area contributed by atoms with Crippen molar-refractivity contribution in [2.24, 2.45) is 0 Å². The van der Waals surface area contributed by atoms with Crippen molar-refractivity contribution < 1.29 is 19.3 Å². The van der Waals surface area contributed by atoms with Gasteiger partial charge in [-0.3, -0.25) is 4.57 Å². The first-order chi connectivity index (χ1) is 9.13. The topological polar surface area (TPSA) is 119 Å². The molecule has 1 fully saturated rings. The van der Waals surface area contributed by atoms with Gasteiger partial charge in [0.2, 0.25) is 0 Å². The molecular formula is C10H12FN5O3. The summed E-state index contributed by atoms with van der Waals surface area (Å²) in [6, 6.07) is 0. The summed E-state index contributed by atoms with van der Waals surface area (Å²) >= 11 is 0. The van der Waals surface area contributed by atoms with Crippen LogP contribution in [0.25, 0.3) is 11.2 Å². The summed E-state index contributed by atoms with van der Waals surface area (Å²) < 4.78 is 20.6. The number of nitrogens with zero attached hydrogens (tertiary/aromatic N) is 4. The van der Waals surface area contributed by atoms with Crippen molar-refractivity contribution in [2.75, 3.05) is 12.3 Å². The molecule has 4 atom stereocenters. The molecule has 0 radical (unpaired) electrons. The summed E-state index contributed by atoms with van der Waals surface area (Å²) in [6.45, 7) is -0.470. The molecule has 0 aliphatic carbocycles. The first-order valence-corrected chi connectivity index (χ1v) is 5.65. The van der Waals surface area contributed by atoms with E-state index in [-0.39, 0.29) is 5.82 Å². The molecule has 1 saturated heterocycles. The van der Waals surface area contributed by atoms with Gasteiger partial charge in [-0.2, -0.15) is 0 Å². The maximum absolute atomic E-state index is 14.0. The van der Waals surface area contributed by atoms with E-state index in [1.807, 2.05) is 0 Å². The lowest BCUT2D eigenvalue weighted by molar-refractivity contribution is -0.0459. The van der Waals surface area contributed by atoms with E-state index in [4.69, 9.17) is 15.6 Å². The standard InChI is InChI=1S/C10H12FN5O3/c11-5-7(18)4(1-17)19-10(5)16-3-15-6-8(12)13-2-14-9(6)16/h2-5,7,10,17-18H,1H2,(H2,12,13,14)/t4-,5+,7-,10?/m1/s1. The number of ether oxygens (including phenoxy) is 1. The SMILES string of the molecule is Nc1ncnc2c1ncn2C1O[C@H](CO)[C@@H](O)[C@@H]1F. The van der Waals surface area contributed by atoms with Crippen LogP contribution in [0.1, 0.15) is 6.23 Å². The van der Waals surface area contributed by atoms with Gasteiger partial charge in [0.1, 0.15) is 24.1 Å². The van der Waals surface area contributed by atoms with Gasteiger partial charge in [0, 0.05) is 0 Å². The number of hydrogen-bond acceptors (Lipinski definition) is 7. The van der Waals surface area contributed by atoms with E-state index >= 15 is 0 Å². The second-order valence-corrected chi connectivity index (χ2v) is 4.27. The molecule has 0 spiro atoms. The number of aromatic nitrogens is 4. The maximum atomic E-state index is 14.0. The Morgan fingerprint density at radius 3 is 2.89 bits per heavy atom. The van der Waals surface area contributed by atoms with E-state index in [2.05, 4.69) is 15.0 Å². The number of halogens is 1. The summed E-state index contributed by atoms with van der Waals surface area (Å²) in [6.07, 6.45) is -2.61. The van der Waals surface area contributed by atoms with Gasteiger partial charge in [-0.25, -0.2) is 19.3 Å². The Hall–Kier alpha value is -1.84. The number of hydrogen-bond donors (Lipinski definition) is 3. The Morgan fingerprint density at radius 1 is 1.42 bits per heavy atom. The van der Waals surface area contributed by atoms with Gasteiger partial charge >= 0.3 is 0 Å². The number of fused-ring (bicyclic) bond motifs is 1. The van der Waals surface area contributed by atoms with E-state index < -0.39 is 31.2 Å². The number of nitrogens with two attached hydrogens (primary N) is 1. The molecule has 4 N–H and O–H groups in total. The highest BCUT2D eigenvalue weighted by Gasteiger charge is 2.45. The minimum Gasteiger partial charge on any atom is -0.394 e. The second-order valence-electron chi connectivity index (χ2n) is 4.27. The van der Waals surface area contributed by atoms with Crippen LogP contribution in [-0.4, -0.2) is 54.7 Å². The van der Waals surface area contributed by atoms with Crippen molar-refractivity contribution in [1.29, 1.82) is 0 Å². The molecule has 8 nitrogen and oxygen atoms in total. The molecule has 0 bridgehead atoms. The number of aliphatic hydroxyl groups excluding tert-OH is 2. The van der Waals surface area contributed by atoms with Crippen molar-refractivity contribution in [1.82, 2.24) is 19.5 Å². The van der Waals surface area contributed by atoms with E-state index in [9.17, 15) is 9.50 Å². The van der Waals surface area contributed by atoms with E-state index in [0.29, 0.717) is 11.2 Å². The average molecular weight is 269 g/mol. The number of aliphatic hydroxyl groups is 2. The summed E-state index contributed by atoms with van der Waals surface area (Å²) in [5.41, 5.74) is 6.28. The number of rotatable bonds is 2. The molecule has 2 aromatic heterocycles. The molecule has 0 aromatic carbocycles. The molecule has 0 amide bonds. The highest BCUT2D eigenvalue weighted by Crippen LogP contribution is 2.33. The van der Waals surface area contributed by atoms with Gasteiger partial charge in [-0.1, -0.05) is 0 Å². The quantitative estimate of drug-likeness (QED) is 0.639. The number of imidazole rings is 1. The predicted molar refractivity (Wildman–Crippen MR) is 61.6 cm³/mol. The number of anilines is 1. The predicted octanol–water partition coefficient (Wildman–Crippen LogP) is -1.00. The lowest BCUT2D eigenvalue weighted by atomic mass is 10.1. The Kier molecular flexibility index (Phi) is 2.81. The molecule has 1 unspecified atom stereocenters. The minimum atomic E-state index is -1.69. The van der Waals surface area contributed by atoms with Crippen LogP contribution in [0.5, 0.6) is 0 Å². The smallest absolute Gasteiger partial charge is 0.173 e. The van der Waals surface area contributed by atoms with Crippen LogP contribution in [0.3, 0.4) is 0 Å². The minimum absolute atomic E-state index is 0.177. The lowest BCUT2D eigenvalue weighted by Gasteiger charge is -2.14. The van der Waals surface area contributed by atoms with Crippen LogP contribution in [-0.2, 0) is 4.74 Å². The highest BCUT2D eigenvalue weighted by atomic mass is 19.1. The fraction of sp³-hybridized carbons (Fsp3) is 0.500. The van der Waals surface area contributed by atoms with Crippen LogP contribution < -0.4 is 5.73 Å². The van der Waals surface area contributed by atoms with Gasteiger partial charge in [0.15, 0.2) is 23.9 Å². The van der Waals surface area contributed by atoms with Crippen LogP contribution in [0.2, 0.25) is 0 Å². The molecule has 9 heteroatoms. The second kappa shape index (κ2) is 4.37. The Bertz CT molecular complexity index is 606. The van der Waals surface area contributed by atoms with Crippen molar-refractivity contribution >= 4 is 17.0 Å². The average Bonchev–Trinajstić information content (AvgIpc) is 2.94. The van der Waals surface area contributed by atoms with Crippen molar-refractivity contribution in [3.63, 3.8) is 0 Å². The van der Waals surface area contributed by atoms with Crippen molar-refractivity contribution in [2.45, 2.75) is 24.6 Å². The Morgan fingerprint density at radius 2 is 2.21 bits per heavy atom. The zero-order valence-corrected chi connectivity index (χ0v) is 9.72. The molecule has 0 saturated carbocycles. The molecule has 102 valence electrons. The van der Waals surface area contributed by atoms with E-state index in [1.54, 1.807) is 0 Å². The maximum Gasteiger partial charge on any atom is 0.173 e. The summed E-state index contributed by atoms with van der Waals surface area (Å²) in [4.78, 5) is 11.8. The Labute approximate surface area is 106 Å². The van der Waals surface area contributed by atoms with Crippen LogP contribution in [0, 0.1) is 0 Å². The monoisotopic (exact) mass is 269 g/mol. The third-order valence-corrected chi connectivity index (χ3v) is 3.13. The van der Waals surface area contributed by atoms with Crippen molar-refractivity contribution in [3.05, 3.63) is 12.7 Å². The van der Waals surface area contributed by atoms with Crippen molar-refractivity contribution in [3.8, 4) is 0 Å². The molecule has 3 rings (SSSR count). The van der Waals surface area contributed by atoms with Crippen LogP contribution in [0.15, 0.2) is 12.7 Å².